The molecule has 6 N–H and O–H groups in total. The Morgan fingerprint density at radius 1 is 1.00 bits per heavy atom. The van der Waals surface area contributed by atoms with Crippen LogP contribution in [0.1, 0.15) is 69.2 Å². The number of amides is 5. The van der Waals surface area contributed by atoms with Gasteiger partial charge in [-0.1, -0.05) is 81.4 Å². The van der Waals surface area contributed by atoms with Gasteiger partial charge >= 0.3 is 12.0 Å². The van der Waals surface area contributed by atoms with E-state index in [1.807, 2.05) is 54.6 Å². The van der Waals surface area contributed by atoms with Crippen molar-refractivity contribution in [2.45, 2.75) is 82.3 Å². The molecule has 1 aliphatic heterocycles. The summed E-state index contributed by atoms with van der Waals surface area (Å²) in [6.45, 7) is 10.2. The normalized spacial score (nSPS) is 28.4. The number of aliphatic hydroxyl groups excluding tert-OH is 1. The quantitative estimate of drug-likeness (QED) is 0.227. The number of rotatable bonds is 9. The summed E-state index contributed by atoms with van der Waals surface area (Å²) < 4.78 is 0. The molecule has 5 rings (SSSR count). The molecule has 2 aliphatic carbocycles. The van der Waals surface area contributed by atoms with Crippen molar-refractivity contribution in [2.75, 3.05) is 6.54 Å². The number of benzene rings is 2. The van der Waals surface area contributed by atoms with Crippen molar-refractivity contribution >= 4 is 29.7 Å². The lowest BCUT2D eigenvalue weighted by molar-refractivity contribution is -0.147. The molecule has 0 aromatic heterocycles. The van der Waals surface area contributed by atoms with E-state index in [1.165, 1.54) is 17.9 Å². The first-order chi connectivity index (χ1) is 22.1. The SMILES string of the molecule is C=CC1CC1(NC(=O)C1(NC(C)=O)CC(c2ccccc2)CN1C(=O)NC(C(=O)NC1c2ccccc2CC1O)C(C)(C)C)C(=O)O. The molecule has 1 heterocycles. The van der Waals surface area contributed by atoms with Gasteiger partial charge in [0.15, 0.2) is 5.66 Å². The van der Waals surface area contributed by atoms with Gasteiger partial charge in [-0.15, -0.1) is 6.58 Å². The summed E-state index contributed by atoms with van der Waals surface area (Å²) in [7, 11) is 0. The number of fused-ring (bicyclic) bond motifs is 1. The Labute approximate surface area is 274 Å². The first-order valence-electron chi connectivity index (χ1n) is 15.8. The summed E-state index contributed by atoms with van der Waals surface area (Å²) in [5.41, 5.74) is -1.89. The second kappa shape index (κ2) is 12.5. The standard InChI is InChI=1S/C35H43N5O7/c1-6-24-18-34(24,31(45)46)39-30(44)35(38-20(2)41)17-23(21-12-8-7-9-13-21)19-40(35)32(47)37-28(33(3,4)5)29(43)36-27-25-15-11-10-14-22(25)16-26(27)42/h6-15,23-24,26-28,42H,1,16-19H2,2-5H3,(H,36,43)(H,37,47)(H,38,41)(H,39,44)(H,45,46). The van der Waals surface area contributed by atoms with E-state index in [2.05, 4.69) is 27.8 Å². The highest BCUT2D eigenvalue weighted by Crippen LogP contribution is 2.46. The summed E-state index contributed by atoms with van der Waals surface area (Å²) in [6, 6.07) is 14.0. The Morgan fingerprint density at radius 2 is 1.66 bits per heavy atom. The molecule has 0 bridgehead atoms. The molecule has 7 atom stereocenters. The maximum atomic E-state index is 14.3. The molecule has 2 aromatic rings. The molecular weight excluding hydrogens is 602 g/mol. The third-order valence-corrected chi connectivity index (χ3v) is 9.60. The third kappa shape index (κ3) is 6.34. The van der Waals surface area contributed by atoms with E-state index in [-0.39, 0.29) is 19.4 Å². The Morgan fingerprint density at radius 3 is 2.26 bits per heavy atom. The van der Waals surface area contributed by atoms with Gasteiger partial charge in [0.25, 0.3) is 5.91 Å². The number of carboxylic acids is 1. The van der Waals surface area contributed by atoms with Gasteiger partial charge in [0.1, 0.15) is 11.6 Å². The molecule has 7 unspecified atom stereocenters. The lowest BCUT2D eigenvalue weighted by Crippen LogP contribution is -2.70. The fourth-order valence-corrected chi connectivity index (χ4v) is 6.98. The van der Waals surface area contributed by atoms with Crippen molar-refractivity contribution < 1.29 is 34.2 Å². The van der Waals surface area contributed by atoms with Crippen LogP contribution in [0.15, 0.2) is 67.3 Å². The minimum Gasteiger partial charge on any atom is -0.479 e. The van der Waals surface area contributed by atoms with Crippen molar-refractivity contribution in [3.8, 4) is 0 Å². The highest BCUT2D eigenvalue weighted by atomic mass is 16.4. The van der Waals surface area contributed by atoms with Crippen molar-refractivity contribution in [3.05, 3.63) is 83.9 Å². The molecule has 5 amide bonds. The molecule has 12 heteroatoms. The number of likely N-dealkylation sites (tertiary alicyclic amines) is 1. The Bertz CT molecular complexity index is 1590. The lowest BCUT2D eigenvalue weighted by atomic mass is 9.86. The molecular formula is C35H43N5O7. The van der Waals surface area contributed by atoms with E-state index in [0.717, 1.165) is 16.7 Å². The summed E-state index contributed by atoms with van der Waals surface area (Å²) in [5.74, 6) is -4.18. The van der Waals surface area contributed by atoms with Gasteiger partial charge in [-0.25, -0.2) is 9.59 Å². The zero-order chi connectivity index (χ0) is 34.3. The van der Waals surface area contributed by atoms with Gasteiger partial charge in [-0.05, 0) is 28.5 Å². The molecule has 3 aliphatic rings. The van der Waals surface area contributed by atoms with Gasteiger partial charge in [0.2, 0.25) is 11.8 Å². The maximum absolute atomic E-state index is 14.3. The lowest BCUT2D eigenvalue weighted by Gasteiger charge is -2.40. The number of nitrogens with one attached hydrogen (secondary N) is 4. The van der Waals surface area contributed by atoms with Crippen LogP contribution in [0.2, 0.25) is 0 Å². The predicted octanol–water partition coefficient (Wildman–Crippen LogP) is 2.35. The molecule has 47 heavy (non-hydrogen) atoms. The fraction of sp³-hybridized carbons (Fsp3) is 0.457. The van der Waals surface area contributed by atoms with Crippen LogP contribution in [0, 0.1) is 11.3 Å². The number of aliphatic hydroxyl groups is 1. The van der Waals surface area contributed by atoms with Crippen molar-refractivity contribution in [3.63, 3.8) is 0 Å². The average molecular weight is 646 g/mol. The van der Waals surface area contributed by atoms with Crippen molar-refractivity contribution in [2.24, 2.45) is 11.3 Å². The molecule has 2 aromatic carbocycles. The zero-order valence-electron chi connectivity index (χ0n) is 27.1. The van der Waals surface area contributed by atoms with Crippen molar-refractivity contribution in [1.29, 1.82) is 0 Å². The largest absolute Gasteiger partial charge is 0.479 e. The highest BCUT2D eigenvalue weighted by molar-refractivity contribution is 5.99. The van der Waals surface area contributed by atoms with E-state index in [9.17, 15) is 34.2 Å². The molecule has 0 spiro atoms. The van der Waals surface area contributed by atoms with E-state index in [0.29, 0.717) is 6.42 Å². The molecule has 2 fully saturated rings. The second-order valence-corrected chi connectivity index (χ2v) is 13.9. The topological polar surface area (TPSA) is 177 Å². The van der Waals surface area contributed by atoms with Crippen LogP contribution < -0.4 is 21.3 Å². The first kappa shape index (κ1) is 33.6. The molecule has 1 saturated carbocycles. The molecule has 0 radical (unpaired) electrons. The van der Waals surface area contributed by atoms with Gasteiger partial charge in [0.05, 0.1) is 12.1 Å². The minimum absolute atomic E-state index is 0.0122. The second-order valence-electron chi connectivity index (χ2n) is 13.9. The van der Waals surface area contributed by atoms with Crippen LogP contribution >= 0.6 is 0 Å². The number of aliphatic carboxylic acids is 1. The smallest absolute Gasteiger partial charge is 0.330 e. The van der Waals surface area contributed by atoms with Crippen LogP contribution in [0.25, 0.3) is 0 Å². The monoisotopic (exact) mass is 645 g/mol. The van der Waals surface area contributed by atoms with E-state index >= 15 is 0 Å². The maximum Gasteiger partial charge on any atom is 0.330 e. The van der Waals surface area contributed by atoms with E-state index in [1.54, 1.807) is 20.8 Å². The van der Waals surface area contributed by atoms with E-state index < -0.39 is 76.4 Å². The van der Waals surface area contributed by atoms with Crippen LogP contribution in [-0.2, 0) is 25.6 Å². The molecule has 250 valence electrons. The highest BCUT2D eigenvalue weighted by Gasteiger charge is 2.64. The van der Waals surface area contributed by atoms with Crippen LogP contribution in [-0.4, -0.2) is 74.7 Å². The Hall–Kier alpha value is -4.71. The number of hydrogen-bond acceptors (Lipinski definition) is 6. The number of carboxylic acid groups (broad SMARTS) is 1. The zero-order valence-corrected chi connectivity index (χ0v) is 27.1. The minimum atomic E-state index is -1.98. The Kier molecular flexibility index (Phi) is 8.93. The summed E-state index contributed by atoms with van der Waals surface area (Å²) in [4.78, 5) is 68.7. The number of carbonyl (C=O) groups is 5. The van der Waals surface area contributed by atoms with Gasteiger partial charge in [-0.2, -0.15) is 0 Å². The van der Waals surface area contributed by atoms with E-state index in [4.69, 9.17) is 0 Å². The number of hydrogen-bond donors (Lipinski definition) is 6. The van der Waals surface area contributed by atoms with Gasteiger partial charge in [-0.3, -0.25) is 19.3 Å². The number of nitrogens with zero attached hydrogens (tertiary/aromatic N) is 1. The van der Waals surface area contributed by atoms with Crippen LogP contribution in [0.3, 0.4) is 0 Å². The molecule has 12 nitrogen and oxygen atoms in total. The Balaban J connectivity index is 1.48. The van der Waals surface area contributed by atoms with Crippen LogP contribution in [0.4, 0.5) is 4.79 Å². The average Bonchev–Trinajstić information content (AvgIpc) is 3.47. The number of urea groups is 1. The summed E-state index contributed by atoms with van der Waals surface area (Å²) >= 11 is 0. The van der Waals surface area contributed by atoms with Gasteiger partial charge in [0, 0.05) is 38.1 Å². The summed E-state index contributed by atoms with van der Waals surface area (Å²) in [6.07, 6.45) is 1.06. The third-order valence-electron chi connectivity index (χ3n) is 9.60. The molecule has 1 saturated heterocycles. The number of carbonyl (C=O) groups excluding carboxylic acids is 4. The van der Waals surface area contributed by atoms with Crippen LogP contribution in [0.5, 0.6) is 0 Å². The first-order valence-corrected chi connectivity index (χ1v) is 15.8. The van der Waals surface area contributed by atoms with Gasteiger partial charge < -0.3 is 31.5 Å². The van der Waals surface area contributed by atoms with Crippen molar-refractivity contribution in [1.82, 2.24) is 26.2 Å². The summed E-state index contributed by atoms with van der Waals surface area (Å²) in [5, 5.41) is 31.9. The fourth-order valence-electron chi connectivity index (χ4n) is 6.98. The predicted molar refractivity (Wildman–Crippen MR) is 173 cm³/mol.